The van der Waals surface area contributed by atoms with E-state index < -0.39 is 12.1 Å². The molecule has 1 heterocycles. The topological polar surface area (TPSA) is 69.6 Å². The largest absolute Gasteiger partial charge is 0.389 e. The lowest BCUT2D eigenvalue weighted by Gasteiger charge is -2.35. The van der Waals surface area contributed by atoms with Gasteiger partial charge >= 0.3 is 0 Å². The first-order valence-electron chi connectivity index (χ1n) is 6.52. The molecule has 0 aromatic heterocycles. The van der Waals surface area contributed by atoms with Gasteiger partial charge in [0.15, 0.2) is 0 Å². The number of carbonyl (C=O) groups excluding carboxylic acids is 2. The molecule has 20 heavy (non-hydrogen) atoms. The molecule has 2 amide bonds. The predicted octanol–water partition coefficient (Wildman–Crippen LogP) is 1.63. The van der Waals surface area contributed by atoms with Crippen molar-refractivity contribution in [2.24, 2.45) is 0 Å². The van der Waals surface area contributed by atoms with E-state index in [9.17, 15) is 14.7 Å². The molecular weight excluding hydrogens is 280 g/mol. The van der Waals surface area contributed by atoms with Crippen LogP contribution in [-0.4, -0.2) is 29.5 Å². The number of rotatable bonds is 3. The molecule has 0 bridgehead atoms. The summed E-state index contributed by atoms with van der Waals surface area (Å²) in [4.78, 5) is 25.1. The maximum Gasteiger partial charge on any atom is 0.249 e. The number of nitrogens with one attached hydrogen (secondary N) is 1. The highest BCUT2D eigenvalue weighted by atomic mass is 35.5. The van der Waals surface area contributed by atoms with Gasteiger partial charge in [0.1, 0.15) is 6.04 Å². The summed E-state index contributed by atoms with van der Waals surface area (Å²) in [6, 6.07) is 4.72. The number of benzene rings is 1. The van der Waals surface area contributed by atoms with E-state index in [2.05, 4.69) is 5.32 Å². The SMILES string of the molecule is CCC1C(=O)NC(=O)CN1c1ccc([C@@H](C)O)cc1Cl. The van der Waals surface area contributed by atoms with Gasteiger partial charge < -0.3 is 10.0 Å². The molecule has 0 saturated carbocycles. The van der Waals surface area contributed by atoms with Crippen molar-refractivity contribution in [3.05, 3.63) is 28.8 Å². The Labute approximate surface area is 122 Å². The number of imide groups is 1. The number of halogens is 1. The standard InChI is InChI=1S/C14H17ClN2O3/c1-3-11-14(20)16-13(19)7-17(11)12-5-4-9(8(2)18)6-10(12)15/h4-6,8,11,18H,3,7H2,1-2H3,(H,16,19,20)/t8-,11?/m1/s1. The third kappa shape index (κ3) is 2.78. The van der Waals surface area contributed by atoms with E-state index in [1.165, 1.54) is 0 Å². The molecule has 5 nitrogen and oxygen atoms in total. The highest BCUT2D eigenvalue weighted by Gasteiger charge is 2.33. The van der Waals surface area contributed by atoms with Crippen molar-refractivity contribution in [2.45, 2.75) is 32.4 Å². The highest BCUT2D eigenvalue weighted by Crippen LogP contribution is 2.31. The van der Waals surface area contributed by atoms with Crippen molar-refractivity contribution < 1.29 is 14.7 Å². The second-order valence-corrected chi connectivity index (χ2v) is 5.26. The number of aliphatic hydroxyl groups excluding tert-OH is 1. The van der Waals surface area contributed by atoms with Gasteiger partial charge in [-0.15, -0.1) is 0 Å². The molecule has 1 aromatic carbocycles. The van der Waals surface area contributed by atoms with Gasteiger partial charge in [-0.2, -0.15) is 0 Å². The van der Waals surface area contributed by atoms with E-state index in [0.717, 1.165) is 0 Å². The van der Waals surface area contributed by atoms with Crippen LogP contribution in [0, 0.1) is 0 Å². The van der Waals surface area contributed by atoms with Gasteiger partial charge in [0.2, 0.25) is 11.8 Å². The Balaban J connectivity index is 2.38. The van der Waals surface area contributed by atoms with Crippen LogP contribution in [0.5, 0.6) is 0 Å². The second-order valence-electron chi connectivity index (χ2n) is 4.85. The summed E-state index contributed by atoms with van der Waals surface area (Å²) in [5.74, 6) is -0.644. The van der Waals surface area contributed by atoms with Gasteiger partial charge in [0, 0.05) is 0 Å². The Kier molecular flexibility index (Phi) is 4.30. The summed E-state index contributed by atoms with van der Waals surface area (Å²) in [6.45, 7) is 3.63. The van der Waals surface area contributed by atoms with Crippen LogP contribution < -0.4 is 10.2 Å². The van der Waals surface area contributed by atoms with Crippen molar-refractivity contribution in [2.75, 3.05) is 11.4 Å². The van der Waals surface area contributed by atoms with Crippen molar-refractivity contribution in [1.82, 2.24) is 5.32 Å². The molecule has 1 aliphatic rings. The lowest BCUT2D eigenvalue weighted by molar-refractivity contribution is -0.132. The zero-order valence-corrected chi connectivity index (χ0v) is 12.1. The van der Waals surface area contributed by atoms with E-state index in [1.807, 2.05) is 6.92 Å². The minimum Gasteiger partial charge on any atom is -0.389 e. The van der Waals surface area contributed by atoms with E-state index in [0.29, 0.717) is 22.7 Å². The minimum atomic E-state index is -0.616. The molecule has 6 heteroatoms. The molecule has 0 spiro atoms. The normalized spacial score (nSPS) is 20.8. The van der Waals surface area contributed by atoms with Gasteiger partial charge in [0.05, 0.1) is 23.4 Å². The average Bonchev–Trinajstić information content (AvgIpc) is 2.37. The monoisotopic (exact) mass is 296 g/mol. The van der Waals surface area contributed by atoms with Crippen LogP contribution in [0.15, 0.2) is 18.2 Å². The van der Waals surface area contributed by atoms with Crippen molar-refractivity contribution in [1.29, 1.82) is 0 Å². The number of hydrogen-bond donors (Lipinski definition) is 2. The molecule has 108 valence electrons. The van der Waals surface area contributed by atoms with Gasteiger partial charge in [-0.25, -0.2) is 0 Å². The van der Waals surface area contributed by atoms with Crippen molar-refractivity contribution in [3.8, 4) is 0 Å². The van der Waals surface area contributed by atoms with Gasteiger partial charge in [0.25, 0.3) is 0 Å². The van der Waals surface area contributed by atoms with Gasteiger partial charge in [-0.3, -0.25) is 14.9 Å². The maximum absolute atomic E-state index is 11.8. The first kappa shape index (κ1) is 14.8. The fourth-order valence-corrected chi connectivity index (χ4v) is 2.64. The van der Waals surface area contributed by atoms with Gasteiger partial charge in [-0.1, -0.05) is 24.6 Å². The Morgan fingerprint density at radius 2 is 2.20 bits per heavy atom. The summed E-state index contributed by atoms with van der Waals surface area (Å²) in [5, 5.41) is 12.3. The Morgan fingerprint density at radius 3 is 2.75 bits per heavy atom. The molecule has 0 aliphatic carbocycles. The number of aliphatic hydroxyl groups is 1. The lowest BCUT2D eigenvalue weighted by atomic mass is 10.1. The van der Waals surface area contributed by atoms with Crippen LogP contribution in [0.25, 0.3) is 0 Å². The van der Waals surface area contributed by atoms with Crippen molar-refractivity contribution in [3.63, 3.8) is 0 Å². The molecule has 2 atom stereocenters. The number of amides is 2. The fourth-order valence-electron chi connectivity index (χ4n) is 2.34. The predicted molar refractivity (Wildman–Crippen MR) is 76.7 cm³/mol. The number of piperazine rings is 1. The minimum absolute atomic E-state index is 0.0952. The third-order valence-corrected chi connectivity index (χ3v) is 3.71. The first-order chi connectivity index (χ1) is 9.43. The van der Waals surface area contributed by atoms with Crippen LogP contribution in [-0.2, 0) is 9.59 Å². The second kappa shape index (κ2) is 5.81. The Morgan fingerprint density at radius 1 is 1.50 bits per heavy atom. The fraction of sp³-hybridized carbons (Fsp3) is 0.429. The molecule has 0 radical (unpaired) electrons. The van der Waals surface area contributed by atoms with Crippen LogP contribution in [0.3, 0.4) is 0 Å². The molecular formula is C14H17ClN2O3. The summed E-state index contributed by atoms with van der Waals surface area (Å²) in [6.07, 6.45) is -0.0389. The molecule has 1 aromatic rings. The first-order valence-corrected chi connectivity index (χ1v) is 6.89. The molecule has 2 N–H and O–H groups in total. The zero-order valence-electron chi connectivity index (χ0n) is 11.4. The number of hydrogen-bond acceptors (Lipinski definition) is 4. The number of nitrogens with zero attached hydrogens (tertiary/aromatic N) is 1. The maximum atomic E-state index is 11.8. The number of anilines is 1. The quantitative estimate of drug-likeness (QED) is 0.832. The van der Waals surface area contributed by atoms with Gasteiger partial charge in [-0.05, 0) is 31.0 Å². The highest BCUT2D eigenvalue weighted by molar-refractivity contribution is 6.33. The Bertz CT molecular complexity index is 545. The smallest absolute Gasteiger partial charge is 0.249 e. The van der Waals surface area contributed by atoms with E-state index in [4.69, 9.17) is 11.6 Å². The summed E-state index contributed by atoms with van der Waals surface area (Å²) in [7, 11) is 0. The van der Waals surface area contributed by atoms with E-state index in [1.54, 1.807) is 30.0 Å². The zero-order chi connectivity index (χ0) is 14.9. The average molecular weight is 297 g/mol. The Hall–Kier alpha value is -1.59. The van der Waals surface area contributed by atoms with Crippen LogP contribution in [0.1, 0.15) is 31.9 Å². The molecule has 1 aliphatic heterocycles. The number of carbonyl (C=O) groups is 2. The lowest BCUT2D eigenvalue weighted by Crippen LogP contribution is -2.58. The van der Waals surface area contributed by atoms with E-state index in [-0.39, 0.29) is 18.4 Å². The van der Waals surface area contributed by atoms with E-state index >= 15 is 0 Å². The van der Waals surface area contributed by atoms with Crippen LogP contribution in [0.4, 0.5) is 5.69 Å². The van der Waals surface area contributed by atoms with Crippen LogP contribution in [0.2, 0.25) is 5.02 Å². The van der Waals surface area contributed by atoms with Crippen LogP contribution >= 0.6 is 11.6 Å². The summed E-state index contributed by atoms with van der Waals surface area (Å²) in [5.41, 5.74) is 1.32. The summed E-state index contributed by atoms with van der Waals surface area (Å²) >= 11 is 6.23. The molecule has 2 rings (SSSR count). The van der Waals surface area contributed by atoms with Crippen molar-refractivity contribution >= 4 is 29.1 Å². The summed E-state index contributed by atoms with van der Waals surface area (Å²) < 4.78 is 0. The molecule has 1 unspecified atom stereocenters. The third-order valence-electron chi connectivity index (χ3n) is 3.41. The molecule has 1 fully saturated rings. The molecule has 1 saturated heterocycles.